The predicted octanol–water partition coefficient (Wildman–Crippen LogP) is 2.16. The van der Waals surface area contributed by atoms with Gasteiger partial charge in [-0.25, -0.2) is 9.97 Å². The molecule has 17 heavy (non-hydrogen) atoms. The second-order valence-electron chi connectivity index (χ2n) is 3.21. The van der Waals surface area contributed by atoms with Gasteiger partial charge in [0, 0.05) is 0 Å². The lowest BCUT2D eigenvalue weighted by Gasteiger charge is -2.03. The van der Waals surface area contributed by atoms with Crippen LogP contribution in [0.1, 0.15) is 5.56 Å². The van der Waals surface area contributed by atoms with E-state index in [1.807, 2.05) is 30.3 Å². The maximum atomic E-state index is 5.74. The fraction of sp³-hybridized carbons (Fsp3) is 0. The van der Waals surface area contributed by atoms with Gasteiger partial charge in [-0.3, -0.25) is 5.43 Å². The molecule has 0 saturated heterocycles. The highest BCUT2D eigenvalue weighted by Crippen LogP contribution is 2.21. The molecule has 1 aromatic heterocycles. The molecule has 0 saturated carbocycles. The van der Waals surface area contributed by atoms with Crippen LogP contribution in [0, 0.1) is 0 Å². The number of nitrogens with two attached hydrogens (primary N) is 1. The zero-order chi connectivity index (χ0) is 12.1. The smallest absolute Gasteiger partial charge is 0.174 e. The van der Waals surface area contributed by atoms with Crippen molar-refractivity contribution in [2.45, 2.75) is 0 Å². The third-order valence-electron chi connectivity index (χ3n) is 2.02. The second kappa shape index (κ2) is 5.27. The lowest BCUT2D eigenvalue weighted by molar-refractivity contribution is 1.14. The normalized spacial score (nSPS) is 10.6. The maximum absolute atomic E-state index is 5.74. The summed E-state index contributed by atoms with van der Waals surface area (Å²) in [6.45, 7) is 0. The SMILES string of the molecule is Nc1c(Cl)ncnc1N/N=C/c1ccccc1. The van der Waals surface area contributed by atoms with Gasteiger partial charge in [-0.15, -0.1) is 0 Å². The van der Waals surface area contributed by atoms with E-state index >= 15 is 0 Å². The molecule has 6 heteroatoms. The summed E-state index contributed by atoms with van der Waals surface area (Å²) in [7, 11) is 0. The molecule has 0 spiro atoms. The van der Waals surface area contributed by atoms with Crippen LogP contribution in [0.15, 0.2) is 41.8 Å². The van der Waals surface area contributed by atoms with Crippen molar-refractivity contribution < 1.29 is 0 Å². The predicted molar refractivity (Wildman–Crippen MR) is 69.1 cm³/mol. The zero-order valence-corrected chi connectivity index (χ0v) is 9.59. The third kappa shape index (κ3) is 2.92. The highest BCUT2D eigenvalue weighted by Gasteiger charge is 2.03. The first kappa shape index (κ1) is 11.3. The number of nitrogen functional groups attached to an aromatic ring is 1. The van der Waals surface area contributed by atoms with Gasteiger partial charge in [0.25, 0.3) is 0 Å². The number of hydrazone groups is 1. The average Bonchev–Trinajstić information content (AvgIpc) is 2.36. The van der Waals surface area contributed by atoms with Gasteiger partial charge in [0.15, 0.2) is 11.0 Å². The molecule has 1 aromatic carbocycles. The molecule has 2 aromatic rings. The molecule has 0 atom stereocenters. The first-order valence-corrected chi connectivity index (χ1v) is 5.25. The summed E-state index contributed by atoms with van der Waals surface area (Å²) in [5, 5.41) is 4.22. The lowest BCUT2D eigenvalue weighted by Crippen LogP contribution is -2.00. The summed E-state index contributed by atoms with van der Waals surface area (Å²) in [5.41, 5.74) is 9.63. The van der Waals surface area contributed by atoms with Gasteiger partial charge in [-0.05, 0) is 5.56 Å². The van der Waals surface area contributed by atoms with Crippen LogP contribution in [0.3, 0.4) is 0 Å². The third-order valence-corrected chi connectivity index (χ3v) is 2.32. The summed E-state index contributed by atoms with van der Waals surface area (Å²) in [6, 6.07) is 9.66. The number of halogens is 1. The Morgan fingerprint density at radius 1 is 1.24 bits per heavy atom. The first-order valence-electron chi connectivity index (χ1n) is 4.87. The molecule has 86 valence electrons. The van der Waals surface area contributed by atoms with Crippen molar-refractivity contribution in [3.8, 4) is 0 Å². The van der Waals surface area contributed by atoms with Crippen molar-refractivity contribution in [1.82, 2.24) is 9.97 Å². The zero-order valence-electron chi connectivity index (χ0n) is 8.84. The van der Waals surface area contributed by atoms with Gasteiger partial charge in [0.1, 0.15) is 12.0 Å². The number of nitrogens with zero attached hydrogens (tertiary/aromatic N) is 3. The minimum atomic E-state index is 0.206. The molecular weight excluding hydrogens is 238 g/mol. The summed E-state index contributed by atoms with van der Waals surface area (Å²) in [4.78, 5) is 7.67. The van der Waals surface area contributed by atoms with Crippen molar-refractivity contribution in [1.29, 1.82) is 0 Å². The highest BCUT2D eigenvalue weighted by atomic mass is 35.5. The van der Waals surface area contributed by atoms with Crippen LogP contribution in [-0.2, 0) is 0 Å². The van der Waals surface area contributed by atoms with E-state index in [1.54, 1.807) is 6.21 Å². The summed E-state index contributed by atoms with van der Waals surface area (Å²) in [5.74, 6) is 0.386. The Bertz CT molecular complexity index is 527. The van der Waals surface area contributed by atoms with Crippen LogP contribution in [0.5, 0.6) is 0 Å². The number of hydrogen-bond acceptors (Lipinski definition) is 5. The molecule has 0 fully saturated rings. The quantitative estimate of drug-likeness (QED) is 0.495. The van der Waals surface area contributed by atoms with E-state index < -0.39 is 0 Å². The standard InChI is InChI=1S/C11H10ClN5/c12-10-9(13)11(15-7-14-10)17-16-6-8-4-2-1-3-5-8/h1-7H,13H2,(H,14,15,17)/b16-6+. The van der Waals surface area contributed by atoms with Crippen molar-refractivity contribution in [2.75, 3.05) is 11.2 Å². The van der Waals surface area contributed by atoms with E-state index in [2.05, 4.69) is 20.5 Å². The monoisotopic (exact) mass is 247 g/mol. The minimum Gasteiger partial charge on any atom is -0.393 e. The Labute approximate surface area is 103 Å². The van der Waals surface area contributed by atoms with E-state index in [-0.39, 0.29) is 10.8 Å². The number of rotatable bonds is 3. The molecule has 5 nitrogen and oxygen atoms in total. The fourth-order valence-corrected chi connectivity index (χ4v) is 1.30. The van der Waals surface area contributed by atoms with E-state index in [1.165, 1.54) is 6.33 Å². The number of benzene rings is 1. The molecule has 0 amide bonds. The van der Waals surface area contributed by atoms with Crippen LogP contribution >= 0.6 is 11.6 Å². The molecule has 0 aliphatic carbocycles. The number of anilines is 2. The lowest BCUT2D eigenvalue weighted by atomic mass is 10.2. The van der Waals surface area contributed by atoms with Crippen LogP contribution in [0.2, 0.25) is 5.15 Å². The number of hydrogen-bond donors (Lipinski definition) is 2. The largest absolute Gasteiger partial charge is 0.393 e. The molecule has 0 radical (unpaired) electrons. The van der Waals surface area contributed by atoms with Gasteiger partial charge in [0.05, 0.1) is 6.21 Å². The van der Waals surface area contributed by atoms with E-state index in [9.17, 15) is 0 Å². The van der Waals surface area contributed by atoms with Crippen molar-refractivity contribution in [2.24, 2.45) is 5.10 Å². The van der Waals surface area contributed by atoms with E-state index in [0.29, 0.717) is 5.82 Å². The Morgan fingerprint density at radius 3 is 2.76 bits per heavy atom. The highest BCUT2D eigenvalue weighted by molar-refractivity contribution is 6.32. The second-order valence-corrected chi connectivity index (χ2v) is 3.57. The topological polar surface area (TPSA) is 76.2 Å². The molecule has 3 N–H and O–H groups in total. The van der Waals surface area contributed by atoms with Gasteiger partial charge < -0.3 is 5.73 Å². The molecule has 0 aliphatic rings. The minimum absolute atomic E-state index is 0.206. The molecule has 0 bridgehead atoms. The van der Waals surface area contributed by atoms with Crippen LogP contribution in [0.4, 0.5) is 11.5 Å². The number of nitrogens with one attached hydrogen (secondary N) is 1. The van der Waals surface area contributed by atoms with Gasteiger partial charge >= 0.3 is 0 Å². The maximum Gasteiger partial charge on any atom is 0.174 e. The van der Waals surface area contributed by atoms with Crippen LogP contribution in [0.25, 0.3) is 0 Å². The van der Waals surface area contributed by atoms with Gasteiger partial charge in [0.2, 0.25) is 0 Å². The Balaban J connectivity index is 2.08. The Hall–Kier alpha value is -2.14. The molecule has 1 heterocycles. The van der Waals surface area contributed by atoms with Crippen molar-refractivity contribution >= 4 is 29.3 Å². The molecule has 0 unspecified atom stereocenters. The molecule has 0 aliphatic heterocycles. The van der Waals surface area contributed by atoms with E-state index in [4.69, 9.17) is 17.3 Å². The Morgan fingerprint density at radius 2 is 2.00 bits per heavy atom. The average molecular weight is 248 g/mol. The Kier molecular flexibility index (Phi) is 3.52. The fourth-order valence-electron chi connectivity index (χ4n) is 1.17. The van der Waals surface area contributed by atoms with Crippen molar-refractivity contribution in [3.05, 3.63) is 47.4 Å². The first-order chi connectivity index (χ1) is 8.27. The molecule has 2 rings (SSSR count). The molecular formula is C11H10ClN5. The van der Waals surface area contributed by atoms with Gasteiger partial charge in [-0.1, -0.05) is 41.9 Å². The number of aromatic nitrogens is 2. The van der Waals surface area contributed by atoms with Gasteiger partial charge in [-0.2, -0.15) is 5.10 Å². The summed E-state index contributed by atoms with van der Waals surface area (Å²) < 4.78 is 0. The van der Waals surface area contributed by atoms with Crippen LogP contribution in [-0.4, -0.2) is 16.2 Å². The summed E-state index contributed by atoms with van der Waals surface area (Å²) in [6.07, 6.45) is 2.98. The summed E-state index contributed by atoms with van der Waals surface area (Å²) >= 11 is 5.74. The van der Waals surface area contributed by atoms with Crippen molar-refractivity contribution in [3.63, 3.8) is 0 Å². The van der Waals surface area contributed by atoms with Crippen LogP contribution < -0.4 is 11.2 Å². The van der Waals surface area contributed by atoms with E-state index in [0.717, 1.165) is 5.56 Å².